The Balaban J connectivity index is -0.000000131. The van der Waals surface area contributed by atoms with Gasteiger partial charge in [-0.1, -0.05) is 191 Å². The van der Waals surface area contributed by atoms with Crippen molar-refractivity contribution in [2.45, 2.75) is 282 Å². The first kappa shape index (κ1) is 92.0. The molecule has 0 saturated heterocycles. The molecule has 12 heteroatoms. The summed E-state index contributed by atoms with van der Waals surface area (Å²) in [6.07, 6.45) is 22.5. The molecular weight excluding hydrogens is 1100 g/mol. The predicted octanol–water partition coefficient (Wildman–Crippen LogP) is 13.2. The molecule has 4 saturated carbocycles. The molecule has 0 radical (unpaired) electrons. The Bertz CT molecular complexity index is 1710. The second-order valence-electron chi connectivity index (χ2n) is 30.8. The van der Waals surface area contributed by atoms with Gasteiger partial charge in [0.2, 0.25) is 0 Å². The molecule has 0 aromatic rings. The monoisotopic (exact) mass is 1230 g/mol. The number of halogens is 1. The Kier molecular flexibility index (Phi) is 46.0. The number of ether oxygens (including phenoxy) is 3. The molecule has 8 nitrogen and oxygen atoms in total. The molecule has 0 unspecified atom stereocenters. The molecule has 4 fully saturated rings. The molecule has 0 spiro atoms. The van der Waals surface area contributed by atoms with Gasteiger partial charge >= 0.3 is 47.9 Å². The number of carbonyl (C=O) groups excluding carboxylic acids is 1. The van der Waals surface area contributed by atoms with E-state index in [1.165, 1.54) is 55.2 Å². The molecule has 0 atom stereocenters. The molecule has 78 heavy (non-hydrogen) atoms. The molecule has 0 bridgehead atoms. The van der Waals surface area contributed by atoms with Crippen molar-refractivity contribution in [2.24, 2.45) is 53.8 Å². The summed E-state index contributed by atoms with van der Waals surface area (Å²) < 4.78 is 14.6. The summed E-state index contributed by atoms with van der Waals surface area (Å²) in [7, 11) is 0. The third-order valence-electron chi connectivity index (χ3n) is 13.0. The molecular formula is C66H130AlILiMgN3O5. The van der Waals surface area contributed by atoms with Crippen LogP contribution in [0.25, 0.3) is 10.4 Å². The van der Waals surface area contributed by atoms with Gasteiger partial charge in [-0.25, -0.2) is 4.79 Å². The van der Waals surface area contributed by atoms with Crippen molar-refractivity contribution >= 4 is 46.4 Å². The van der Waals surface area contributed by atoms with Crippen LogP contribution in [0.2, 0.25) is 0 Å². The molecule has 4 aliphatic carbocycles. The quantitative estimate of drug-likeness (QED) is 0.0284. The number of esters is 1. The summed E-state index contributed by atoms with van der Waals surface area (Å²) >= 11 is 0. The van der Waals surface area contributed by atoms with E-state index < -0.39 is 11.1 Å². The molecule has 4 rings (SSSR count). The van der Waals surface area contributed by atoms with E-state index >= 15 is 0 Å². The van der Waals surface area contributed by atoms with Crippen LogP contribution in [-0.2, 0) is 19.0 Å². The first-order valence-electron chi connectivity index (χ1n) is 28.5. The number of azide groups is 1. The molecule has 0 aromatic heterocycles. The van der Waals surface area contributed by atoms with Crippen LogP contribution in [0.3, 0.4) is 0 Å². The normalized spacial score (nSPS) is 20.4. The summed E-state index contributed by atoms with van der Waals surface area (Å²) in [6.45, 7) is 65.5. The van der Waals surface area contributed by atoms with Gasteiger partial charge < -0.3 is 52.1 Å². The fourth-order valence-electron chi connectivity index (χ4n) is 13.8. The van der Waals surface area contributed by atoms with Gasteiger partial charge in [-0.2, -0.15) is 0 Å². The van der Waals surface area contributed by atoms with Crippen molar-refractivity contribution in [1.29, 1.82) is 0 Å². The van der Waals surface area contributed by atoms with Crippen LogP contribution in [0, 0.1) is 56.2 Å². The van der Waals surface area contributed by atoms with Crippen LogP contribution in [0.4, 0.5) is 0 Å². The van der Waals surface area contributed by atoms with Crippen molar-refractivity contribution in [1.82, 2.24) is 0 Å². The molecule has 4 aliphatic rings. The minimum atomic E-state index is -0.668. The van der Waals surface area contributed by atoms with Crippen LogP contribution in [0.15, 0.2) is 51.7 Å². The third-order valence-corrected chi connectivity index (χ3v) is 13.0. The average Bonchev–Trinajstić information content (AvgIpc) is 3.06. The molecule has 1 N–H and O–H groups in total. The summed E-state index contributed by atoms with van der Waals surface area (Å²) in [5.41, 5.74) is 16.6. The fraction of sp³-hybridized carbons (Fsp3) is 0.848. The Morgan fingerprint density at radius 3 is 0.974 bits per heavy atom. The maximum atomic E-state index is 11.4. The van der Waals surface area contributed by atoms with Gasteiger partial charge in [-0.3, -0.25) is 0 Å². The van der Waals surface area contributed by atoms with E-state index in [9.17, 15) is 9.90 Å². The zero-order valence-electron chi connectivity index (χ0n) is 57.8. The van der Waals surface area contributed by atoms with Crippen LogP contribution in [0.5, 0.6) is 0 Å². The summed E-state index contributed by atoms with van der Waals surface area (Å²) in [5, 5.41) is 13.7. The van der Waals surface area contributed by atoms with E-state index in [-0.39, 0.29) is 98.1 Å². The van der Waals surface area contributed by atoms with Crippen molar-refractivity contribution < 1.29 is 68.4 Å². The van der Waals surface area contributed by atoms with Crippen molar-refractivity contribution in [3.05, 3.63) is 64.5 Å². The first-order valence-corrected chi connectivity index (χ1v) is 28.5. The van der Waals surface area contributed by atoms with E-state index in [1.807, 2.05) is 62.3 Å². The van der Waals surface area contributed by atoms with Crippen LogP contribution >= 0.6 is 0 Å². The molecule has 0 amide bonds. The number of nitrogens with zero attached hydrogens (tertiary/aromatic N) is 3. The van der Waals surface area contributed by atoms with E-state index in [2.05, 4.69) is 160 Å². The van der Waals surface area contributed by atoms with E-state index in [1.54, 1.807) is 11.6 Å². The standard InChI is InChI=1S/C15H28.C14H25N3.C14H24O2.C14H26O.2C4H10O.CH3.Al.HI.Li.Mg.4H/c1-13(2,3)8-12-9-14(4,5)11-15(6,7)10-12;1-12(2)7-11(8-13(3,4)10-12)9-14(5,6)16-17-15;1-6-16-12(15)7-11-8-13(2,3)10-14(4,5)9-11;1-12(2)7-11(9-14(5,6)15)8-13(3,4)10-12;2*1-3-5-4-2;;;;;;;;;/h8H,9-11H2,1-7H3;9H,7-8,10H2,1-6H3;7H,6,8-10H2,1-5H3;9,15H,7-8,10H2,1-6H3;2*3-4H2,1-2H3;1H3;;1H;;;;;;/q;;;;;;-1;;;+1;+2;;;;-1/p-1. The van der Waals surface area contributed by atoms with Gasteiger partial charge in [-0.05, 0) is 180 Å². The van der Waals surface area contributed by atoms with E-state index in [4.69, 9.17) is 19.7 Å². The molecule has 0 aliphatic heterocycles. The largest absolute Gasteiger partial charge is 2.00 e. The van der Waals surface area contributed by atoms with Crippen molar-refractivity contribution in [3.8, 4) is 0 Å². The number of hydrogen-bond donors (Lipinski definition) is 1. The van der Waals surface area contributed by atoms with Crippen LogP contribution in [-0.4, -0.2) is 95.7 Å². The number of carbonyl (C=O) groups is 1. The van der Waals surface area contributed by atoms with Crippen molar-refractivity contribution in [2.75, 3.05) is 33.0 Å². The molecule has 452 valence electrons. The Morgan fingerprint density at radius 1 is 0.526 bits per heavy atom. The van der Waals surface area contributed by atoms with Gasteiger partial charge in [-0.15, -0.1) is 0 Å². The Hall–Kier alpha value is 0.246. The fourth-order valence-corrected chi connectivity index (χ4v) is 13.8. The second-order valence-corrected chi connectivity index (χ2v) is 30.8. The van der Waals surface area contributed by atoms with Crippen LogP contribution in [0.1, 0.15) is 272 Å². The second kappa shape index (κ2) is 39.0. The minimum absolute atomic E-state index is 0. The number of aliphatic hydroxyl groups is 1. The Labute approximate surface area is 543 Å². The summed E-state index contributed by atoms with van der Waals surface area (Å²) in [5.74, 6) is -0.189. The summed E-state index contributed by atoms with van der Waals surface area (Å²) in [6, 6.07) is 0. The topological polar surface area (TPSA) is 114 Å². The average molecular weight is 1230 g/mol. The van der Waals surface area contributed by atoms with Gasteiger partial charge in [0, 0.05) is 37.4 Å². The maximum absolute atomic E-state index is 11.4. The Morgan fingerprint density at radius 2 is 0.769 bits per heavy atom. The van der Waals surface area contributed by atoms with Gasteiger partial charge in [0.25, 0.3) is 0 Å². The predicted molar refractivity (Wildman–Crippen MR) is 341 cm³/mol. The minimum Gasteiger partial charge on any atom is -1.00 e. The molecule has 0 heterocycles. The SMILES string of the molecule is CC(C)(C)C=C1CC(C)(C)CC(C)(C)C1.CC(C)(O)C=C1CC(C)(C)CC(C)(C)C1.CC1(C)CC(=CC(C)(C)N=[N+]=[N-])CC(C)(C)C1.CCOC(=O)C=C1CC(C)(C)CC(C)(C)C1.CCOCC.CCOCC.[AlH3].[CH3-].[H-].[I-].[Li+].[Mg+2]. The zero-order chi connectivity index (χ0) is 57.8. The molecule has 0 aromatic carbocycles. The first-order chi connectivity index (χ1) is 32.6. The number of allylic oxidation sites excluding steroid dienone is 5. The number of rotatable bonds is 9. The number of hydrogen-bond acceptors (Lipinski definition) is 6. The van der Waals surface area contributed by atoms with E-state index in [0.29, 0.717) is 55.3 Å². The smallest absolute Gasteiger partial charge is 1.00 e. The van der Waals surface area contributed by atoms with Gasteiger partial charge in [0.1, 0.15) is 0 Å². The van der Waals surface area contributed by atoms with Gasteiger partial charge in [0.05, 0.1) is 17.7 Å². The summed E-state index contributed by atoms with van der Waals surface area (Å²) in [4.78, 5) is 14.4. The van der Waals surface area contributed by atoms with Gasteiger partial charge in [0.15, 0.2) is 17.4 Å². The van der Waals surface area contributed by atoms with Crippen LogP contribution < -0.4 is 42.8 Å². The van der Waals surface area contributed by atoms with Crippen molar-refractivity contribution in [3.63, 3.8) is 0 Å². The third kappa shape index (κ3) is 48.6. The zero-order valence-corrected chi connectivity index (χ0v) is 60.4. The van der Waals surface area contributed by atoms with E-state index in [0.717, 1.165) is 65.0 Å². The maximum Gasteiger partial charge on any atom is 2.00 e.